The van der Waals surface area contributed by atoms with Gasteiger partial charge in [0.2, 0.25) is 0 Å². The summed E-state index contributed by atoms with van der Waals surface area (Å²) in [4.78, 5) is 17.3. The molecule has 9 heteroatoms. The van der Waals surface area contributed by atoms with Crippen molar-refractivity contribution < 1.29 is 9.53 Å². The number of rotatable bonds is 5. The fraction of sp³-hybridized carbons (Fsp3) is 0.217. The lowest BCUT2D eigenvalue weighted by molar-refractivity contribution is -0.113. The molecule has 32 heavy (non-hydrogen) atoms. The summed E-state index contributed by atoms with van der Waals surface area (Å²) in [7, 11) is 1.51. The molecule has 2 aliphatic carbocycles. The van der Waals surface area contributed by atoms with Crippen molar-refractivity contribution in [3.63, 3.8) is 0 Å². The number of carbonyl (C=O) groups is 1. The Labute approximate surface area is 189 Å². The standard InChI is InChI=1S/C23H20N6O2S/c1-13-16-8-4-5-9-17(16)20(27-28-23-18(11-24)14(2)29-32-23)21(31-3)19(13)22(30)26-15-7-6-10-25-12-15/h4-10,12-13,16H,1-3H3,(H,26,30). The number of hydrogen-bond acceptors (Lipinski definition) is 8. The van der Waals surface area contributed by atoms with Crippen LogP contribution < -0.4 is 5.32 Å². The van der Waals surface area contributed by atoms with E-state index in [0.717, 1.165) is 17.1 Å². The van der Waals surface area contributed by atoms with Crippen LogP contribution >= 0.6 is 11.5 Å². The van der Waals surface area contributed by atoms with E-state index in [2.05, 4.69) is 31.0 Å². The SMILES string of the molecule is COC1=C(C(=O)Nc2cccnc2)C(C)C2C=CC=CC2=C1N=Nc1snc(C)c1C#N. The van der Waals surface area contributed by atoms with Crippen LogP contribution in [0.15, 0.2) is 81.7 Å². The Morgan fingerprint density at radius 2 is 2.19 bits per heavy atom. The molecule has 0 aromatic carbocycles. The zero-order valence-corrected chi connectivity index (χ0v) is 18.6. The Morgan fingerprint density at radius 1 is 1.34 bits per heavy atom. The number of hydrogen-bond donors (Lipinski definition) is 1. The van der Waals surface area contributed by atoms with E-state index in [0.29, 0.717) is 39.0 Å². The van der Waals surface area contributed by atoms with Crippen LogP contribution in [0.1, 0.15) is 18.2 Å². The van der Waals surface area contributed by atoms with Gasteiger partial charge in [-0.1, -0.05) is 31.2 Å². The van der Waals surface area contributed by atoms with E-state index in [-0.39, 0.29) is 17.7 Å². The first kappa shape index (κ1) is 21.3. The highest BCUT2D eigenvalue weighted by Crippen LogP contribution is 2.43. The van der Waals surface area contributed by atoms with E-state index < -0.39 is 0 Å². The number of pyridine rings is 1. The van der Waals surface area contributed by atoms with E-state index >= 15 is 0 Å². The molecule has 0 fully saturated rings. The molecule has 2 aromatic heterocycles. The predicted octanol–water partition coefficient (Wildman–Crippen LogP) is 4.99. The Hall–Kier alpha value is -3.90. The van der Waals surface area contributed by atoms with Gasteiger partial charge in [-0.15, -0.1) is 10.2 Å². The monoisotopic (exact) mass is 444 g/mol. The number of methoxy groups -OCH3 is 1. The molecule has 0 saturated carbocycles. The fourth-order valence-corrected chi connectivity index (χ4v) is 4.46. The molecule has 0 radical (unpaired) electrons. The van der Waals surface area contributed by atoms with Gasteiger partial charge in [0.25, 0.3) is 5.91 Å². The number of nitrogens with zero attached hydrogens (tertiary/aromatic N) is 5. The van der Waals surface area contributed by atoms with Gasteiger partial charge in [-0.3, -0.25) is 9.78 Å². The third-order valence-electron chi connectivity index (χ3n) is 5.36. The van der Waals surface area contributed by atoms with E-state index in [1.54, 1.807) is 31.5 Å². The van der Waals surface area contributed by atoms with Gasteiger partial charge in [-0.25, -0.2) is 0 Å². The zero-order valence-electron chi connectivity index (χ0n) is 17.7. The summed E-state index contributed by atoms with van der Waals surface area (Å²) in [6.07, 6.45) is 11.1. The lowest BCUT2D eigenvalue weighted by Crippen LogP contribution is -2.30. The van der Waals surface area contributed by atoms with Crippen LogP contribution in [-0.4, -0.2) is 22.4 Å². The summed E-state index contributed by atoms with van der Waals surface area (Å²) < 4.78 is 9.89. The first-order valence-corrected chi connectivity index (χ1v) is 10.7. The second kappa shape index (κ2) is 9.08. The summed E-state index contributed by atoms with van der Waals surface area (Å²) in [6.45, 7) is 3.74. The van der Waals surface area contributed by atoms with Crippen LogP contribution in [0.5, 0.6) is 0 Å². The molecule has 8 nitrogen and oxygen atoms in total. The van der Waals surface area contributed by atoms with E-state index in [4.69, 9.17) is 4.74 Å². The Kier molecular flexibility index (Phi) is 6.05. The van der Waals surface area contributed by atoms with Gasteiger partial charge in [0.1, 0.15) is 17.3 Å². The summed E-state index contributed by atoms with van der Waals surface area (Å²) in [5.74, 6) is -0.157. The normalized spacial score (nSPS) is 19.8. The number of azo groups is 1. The predicted molar refractivity (Wildman–Crippen MR) is 121 cm³/mol. The van der Waals surface area contributed by atoms with Crippen molar-refractivity contribution in [1.29, 1.82) is 5.26 Å². The number of nitrogens with one attached hydrogen (secondary N) is 1. The van der Waals surface area contributed by atoms with Gasteiger partial charge in [0.15, 0.2) is 10.8 Å². The maximum atomic E-state index is 13.3. The second-order valence-electron chi connectivity index (χ2n) is 7.27. The first-order chi connectivity index (χ1) is 15.5. The van der Waals surface area contributed by atoms with Crippen molar-refractivity contribution in [3.8, 4) is 6.07 Å². The highest BCUT2D eigenvalue weighted by atomic mass is 32.1. The van der Waals surface area contributed by atoms with Gasteiger partial charge in [0, 0.05) is 18.0 Å². The van der Waals surface area contributed by atoms with E-state index in [1.807, 2.05) is 31.2 Å². The number of ether oxygens (including phenoxy) is 1. The van der Waals surface area contributed by atoms with Crippen molar-refractivity contribution in [3.05, 3.63) is 82.7 Å². The van der Waals surface area contributed by atoms with Crippen molar-refractivity contribution in [2.45, 2.75) is 13.8 Å². The fourth-order valence-electron chi connectivity index (χ4n) is 3.78. The molecular formula is C23H20N6O2S. The number of anilines is 1. The molecule has 0 aliphatic heterocycles. The van der Waals surface area contributed by atoms with Gasteiger partial charge >= 0.3 is 0 Å². The van der Waals surface area contributed by atoms with Crippen LogP contribution in [0.3, 0.4) is 0 Å². The van der Waals surface area contributed by atoms with Gasteiger partial charge in [-0.05, 0) is 36.2 Å². The number of nitriles is 1. The molecule has 2 atom stereocenters. The number of fused-ring (bicyclic) bond motifs is 1. The molecule has 0 bridgehead atoms. The quantitative estimate of drug-likeness (QED) is 0.653. The number of amides is 1. The summed E-state index contributed by atoms with van der Waals surface area (Å²) in [5.41, 5.74) is 3.42. The van der Waals surface area contributed by atoms with Crippen molar-refractivity contribution in [2.24, 2.45) is 22.1 Å². The molecule has 2 unspecified atom stereocenters. The van der Waals surface area contributed by atoms with Gasteiger partial charge in [-0.2, -0.15) is 9.64 Å². The molecule has 1 N–H and O–H groups in total. The average Bonchev–Trinajstić information content (AvgIpc) is 3.18. The lowest BCUT2D eigenvalue weighted by Gasteiger charge is -2.32. The molecular weight excluding hydrogens is 424 g/mol. The molecule has 2 heterocycles. The van der Waals surface area contributed by atoms with Crippen LogP contribution in [0.25, 0.3) is 0 Å². The van der Waals surface area contributed by atoms with Crippen molar-refractivity contribution in [1.82, 2.24) is 9.36 Å². The smallest absolute Gasteiger partial charge is 0.255 e. The molecule has 2 aromatic rings. The minimum atomic E-state index is -0.289. The minimum absolute atomic E-state index is 0.0684. The largest absolute Gasteiger partial charge is 0.494 e. The van der Waals surface area contributed by atoms with Crippen molar-refractivity contribution >= 4 is 28.1 Å². The highest BCUT2D eigenvalue weighted by molar-refractivity contribution is 7.10. The third-order valence-corrected chi connectivity index (χ3v) is 6.18. The molecule has 2 aliphatic rings. The van der Waals surface area contributed by atoms with Crippen LogP contribution in [-0.2, 0) is 9.53 Å². The topological polar surface area (TPSA) is 113 Å². The number of allylic oxidation sites excluding steroid dienone is 5. The average molecular weight is 445 g/mol. The van der Waals surface area contributed by atoms with E-state index in [1.165, 1.54) is 7.11 Å². The van der Waals surface area contributed by atoms with Crippen LogP contribution in [0.2, 0.25) is 0 Å². The summed E-state index contributed by atoms with van der Waals surface area (Å²) >= 11 is 1.11. The maximum Gasteiger partial charge on any atom is 0.255 e. The Bertz CT molecular complexity index is 1250. The van der Waals surface area contributed by atoms with Crippen LogP contribution in [0.4, 0.5) is 10.7 Å². The first-order valence-electron chi connectivity index (χ1n) is 9.92. The third kappa shape index (κ3) is 3.88. The van der Waals surface area contributed by atoms with Crippen LogP contribution in [0, 0.1) is 30.1 Å². The minimum Gasteiger partial charge on any atom is -0.494 e. The molecule has 160 valence electrons. The zero-order chi connectivity index (χ0) is 22.7. The van der Waals surface area contributed by atoms with Gasteiger partial charge < -0.3 is 10.1 Å². The Morgan fingerprint density at radius 3 is 2.91 bits per heavy atom. The lowest BCUT2D eigenvalue weighted by atomic mass is 9.74. The maximum absolute atomic E-state index is 13.3. The number of carbonyl (C=O) groups excluding carboxylic acids is 1. The van der Waals surface area contributed by atoms with Crippen molar-refractivity contribution in [2.75, 3.05) is 12.4 Å². The van der Waals surface area contributed by atoms with E-state index in [9.17, 15) is 10.1 Å². The summed E-state index contributed by atoms with van der Waals surface area (Å²) in [6, 6.07) is 5.64. The number of aryl methyl sites for hydroxylation is 1. The molecule has 0 spiro atoms. The summed E-state index contributed by atoms with van der Waals surface area (Å²) in [5, 5.41) is 21.4. The highest BCUT2D eigenvalue weighted by Gasteiger charge is 2.38. The molecule has 0 saturated heterocycles. The molecule has 1 amide bonds. The van der Waals surface area contributed by atoms with Gasteiger partial charge in [0.05, 0.1) is 30.3 Å². The Balaban J connectivity index is 1.80. The number of aromatic nitrogens is 2. The molecule has 4 rings (SSSR count). The second-order valence-corrected chi connectivity index (χ2v) is 8.02.